The van der Waals surface area contributed by atoms with Gasteiger partial charge in [-0.1, -0.05) is 22.9 Å². The van der Waals surface area contributed by atoms with Gasteiger partial charge in [0.15, 0.2) is 5.82 Å². The zero-order valence-corrected chi connectivity index (χ0v) is 20.8. The summed E-state index contributed by atoms with van der Waals surface area (Å²) in [6.07, 6.45) is 14.2. The molecule has 0 amide bonds. The van der Waals surface area contributed by atoms with E-state index in [0.717, 1.165) is 29.0 Å². The molecule has 5 heterocycles. The van der Waals surface area contributed by atoms with Crippen LogP contribution in [0.3, 0.4) is 0 Å². The van der Waals surface area contributed by atoms with Crippen molar-refractivity contribution in [2.24, 2.45) is 0 Å². The predicted molar refractivity (Wildman–Crippen MR) is 134 cm³/mol. The number of carbonyl (C=O) groups is 1. The Balaban J connectivity index is 1.13. The Morgan fingerprint density at radius 3 is 2.81 bits per heavy atom. The molecule has 0 bridgehead atoms. The second-order valence-electron chi connectivity index (χ2n) is 9.62. The third kappa shape index (κ3) is 4.93. The van der Waals surface area contributed by atoms with Crippen molar-refractivity contribution >= 4 is 28.7 Å². The Bertz CT molecular complexity index is 1620. The highest BCUT2D eigenvalue weighted by molar-refractivity contribution is 6.31. The van der Waals surface area contributed by atoms with Crippen LogP contribution >= 0.6 is 11.6 Å². The van der Waals surface area contributed by atoms with Gasteiger partial charge in [-0.15, -0.1) is 5.10 Å². The van der Waals surface area contributed by atoms with E-state index in [1.165, 1.54) is 24.5 Å². The minimum atomic E-state index is -0.813. The average molecular weight is 522 g/mol. The van der Waals surface area contributed by atoms with E-state index >= 15 is 0 Å². The Kier molecular flexibility index (Phi) is 6.11. The first-order valence-electron chi connectivity index (χ1n) is 12.4. The summed E-state index contributed by atoms with van der Waals surface area (Å²) in [5.41, 5.74) is 5.74. The lowest BCUT2D eigenvalue weighted by Gasteiger charge is -2.06. The lowest BCUT2D eigenvalue weighted by atomic mass is 10.1. The molecule has 0 aromatic carbocycles. The van der Waals surface area contributed by atoms with Crippen LogP contribution in [-0.4, -0.2) is 44.8 Å². The molecule has 9 nitrogen and oxygen atoms in total. The van der Waals surface area contributed by atoms with E-state index in [9.17, 15) is 9.18 Å². The molecule has 0 atom stereocenters. The van der Waals surface area contributed by atoms with Crippen LogP contribution in [-0.2, 0) is 30.6 Å². The molecule has 1 aliphatic carbocycles. The Hall–Kier alpha value is -3.79. The van der Waals surface area contributed by atoms with Crippen molar-refractivity contribution in [2.45, 2.75) is 57.4 Å². The number of nitrogens with zero attached hydrogens (tertiary/aromatic N) is 7. The minimum Gasteiger partial charge on any atom is -0.481 e. The van der Waals surface area contributed by atoms with Gasteiger partial charge in [0.2, 0.25) is 0 Å². The molecular weight excluding hydrogens is 497 g/mol. The number of carboxylic acids is 1. The summed E-state index contributed by atoms with van der Waals surface area (Å²) in [6.45, 7) is 0.460. The Morgan fingerprint density at radius 1 is 1.14 bits per heavy atom. The van der Waals surface area contributed by atoms with Gasteiger partial charge in [0.25, 0.3) is 0 Å². The van der Waals surface area contributed by atoms with Gasteiger partial charge in [-0.25, -0.2) is 19.0 Å². The maximum Gasteiger partial charge on any atom is 0.303 e. The third-order valence-corrected chi connectivity index (χ3v) is 7.07. The molecule has 0 radical (unpaired) electrons. The molecule has 1 saturated carbocycles. The maximum atomic E-state index is 14.4. The van der Waals surface area contributed by atoms with Crippen LogP contribution in [0.5, 0.6) is 0 Å². The van der Waals surface area contributed by atoms with Crippen molar-refractivity contribution in [3.63, 3.8) is 0 Å². The number of pyridine rings is 2. The number of aromatic nitrogens is 7. The summed E-state index contributed by atoms with van der Waals surface area (Å²) in [4.78, 5) is 20.3. The van der Waals surface area contributed by atoms with Crippen LogP contribution < -0.4 is 0 Å². The number of carboxylic acid groups (broad SMARTS) is 1. The summed E-state index contributed by atoms with van der Waals surface area (Å²) in [5.74, 6) is -0.706. The number of aliphatic carboxylic acids is 1. The number of fused-ring (bicyclic) bond motifs is 2. The second kappa shape index (κ2) is 9.59. The standard InChI is InChI=1S/C26H25ClFN7O2/c27-21-8-9-33-15-29-22(25(33)24(21)28)3-1-2-19-13-35(32-31-19)14-20-12-34-11-18(16-4-5-16)10-17(26(34)30-20)6-7-23(36)37/h8-13,15-16H,1-7,14H2,(H,36,37). The van der Waals surface area contributed by atoms with Crippen LogP contribution in [0, 0.1) is 5.82 Å². The lowest BCUT2D eigenvalue weighted by molar-refractivity contribution is -0.136. The van der Waals surface area contributed by atoms with Crippen LogP contribution in [0.4, 0.5) is 4.39 Å². The van der Waals surface area contributed by atoms with E-state index < -0.39 is 11.8 Å². The van der Waals surface area contributed by atoms with E-state index in [0.29, 0.717) is 42.9 Å². The van der Waals surface area contributed by atoms with Crippen molar-refractivity contribution in [3.05, 3.63) is 82.3 Å². The van der Waals surface area contributed by atoms with Crippen LogP contribution in [0.25, 0.3) is 11.2 Å². The smallest absolute Gasteiger partial charge is 0.303 e. The zero-order chi connectivity index (χ0) is 25.5. The molecule has 190 valence electrons. The summed E-state index contributed by atoms with van der Waals surface area (Å²) >= 11 is 5.94. The van der Waals surface area contributed by atoms with E-state index in [-0.39, 0.29) is 11.4 Å². The van der Waals surface area contributed by atoms with Crippen molar-refractivity contribution in [1.29, 1.82) is 0 Å². The highest BCUT2D eigenvalue weighted by atomic mass is 35.5. The van der Waals surface area contributed by atoms with Crippen LogP contribution in [0.1, 0.15) is 59.8 Å². The van der Waals surface area contributed by atoms with Crippen molar-refractivity contribution in [2.75, 3.05) is 0 Å². The highest BCUT2D eigenvalue weighted by Crippen LogP contribution is 2.40. The number of rotatable bonds is 10. The first-order valence-corrected chi connectivity index (χ1v) is 12.7. The largest absolute Gasteiger partial charge is 0.481 e. The van der Waals surface area contributed by atoms with Gasteiger partial charge >= 0.3 is 5.97 Å². The molecule has 1 fully saturated rings. The molecule has 0 unspecified atom stereocenters. The maximum absolute atomic E-state index is 14.4. The average Bonchev–Trinajstić information content (AvgIpc) is 3.29. The molecular formula is C26H25ClFN7O2. The fourth-order valence-corrected chi connectivity index (χ4v) is 4.93. The highest BCUT2D eigenvalue weighted by Gasteiger charge is 2.25. The van der Waals surface area contributed by atoms with Gasteiger partial charge in [0, 0.05) is 31.2 Å². The number of hydrogen-bond acceptors (Lipinski definition) is 5. The first-order chi connectivity index (χ1) is 17.9. The van der Waals surface area contributed by atoms with E-state index in [1.807, 2.05) is 16.8 Å². The molecule has 0 spiro atoms. The third-order valence-electron chi connectivity index (χ3n) is 6.78. The minimum absolute atomic E-state index is 0.0762. The summed E-state index contributed by atoms with van der Waals surface area (Å²) in [6, 6.07) is 3.63. The molecule has 0 aliphatic heterocycles. The first kappa shape index (κ1) is 23.6. The second-order valence-corrected chi connectivity index (χ2v) is 10.0. The normalized spacial score (nSPS) is 13.7. The van der Waals surface area contributed by atoms with Crippen molar-refractivity contribution in [3.8, 4) is 0 Å². The number of hydrogen-bond donors (Lipinski definition) is 1. The van der Waals surface area contributed by atoms with Crippen LogP contribution in [0.2, 0.25) is 5.02 Å². The van der Waals surface area contributed by atoms with E-state index in [2.05, 4.69) is 27.6 Å². The molecule has 5 aromatic rings. The monoisotopic (exact) mass is 521 g/mol. The summed E-state index contributed by atoms with van der Waals surface area (Å²) in [7, 11) is 0. The quantitative estimate of drug-likeness (QED) is 0.290. The molecule has 0 saturated heterocycles. The predicted octanol–water partition coefficient (Wildman–Crippen LogP) is 4.48. The van der Waals surface area contributed by atoms with Gasteiger partial charge in [-0.05, 0) is 61.6 Å². The fourth-order valence-electron chi connectivity index (χ4n) is 4.79. The number of imidazole rings is 2. The van der Waals surface area contributed by atoms with Gasteiger partial charge in [0.1, 0.15) is 11.2 Å². The summed E-state index contributed by atoms with van der Waals surface area (Å²) in [5, 5.41) is 17.8. The summed E-state index contributed by atoms with van der Waals surface area (Å²) < 4.78 is 19.9. The zero-order valence-electron chi connectivity index (χ0n) is 20.0. The number of aryl methyl sites for hydroxylation is 3. The molecule has 37 heavy (non-hydrogen) atoms. The molecule has 6 rings (SSSR count). The number of halogens is 2. The van der Waals surface area contributed by atoms with E-state index in [1.54, 1.807) is 21.6 Å². The SMILES string of the molecule is O=C(O)CCc1cc(C2CC2)cn2cc(Cn3cc(CCCc4ncn5ccc(Cl)c(F)c45)nn3)nc12. The van der Waals surface area contributed by atoms with Gasteiger partial charge < -0.3 is 13.9 Å². The van der Waals surface area contributed by atoms with Gasteiger partial charge in [-0.2, -0.15) is 0 Å². The molecule has 5 aromatic heterocycles. The molecule has 11 heteroatoms. The fraction of sp³-hybridized carbons (Fsp3) is 0.346. The van der Waals surface area contributed by atoms with Gasteiger partial charge in [-0.3, -0.25) is 4.79 Å². The molecule has 1 N–H and O–H groups in total. The van der Waals surface area contributed by atoms with Crippen molar-refractivity contribution < 1.29 is 14.3 Å². The Labute approximate surface area is 216 Å². The topological polar surface area (TPSA) is 103 Å². The van der Waals surface area contributed by atoms with Crippen molar-refractivity contribution in [1.82, 2.24) is 33.8 Å². The molecule has 1 aliphatic rings. The lowest BCUT2D eigenvalue weighted by Crippen LogP contribution is -2.01. The van der Waals surface area contributed by atoms with E-state index in [4.69, 9.17) is 21.7 Å². The van der Waals surface area contributed by atoms with Gasteiger partial charge in [0.05, 0.1) is 35.0 Å². The van der Waals surface area contributed by atoms with Crippen LogP contribution in [0.15, 0.2) is 43.2 Å². The Morgan fingerprint density at radius 2 is 2.00 bits per heavy atom.